The zero-order valence-corrected chi connectivity index (χ0v) is 13.6. The third kappa shape index (κ3) is 6.21. The summed E-state index contributed by atoms with van der Waals surface area (Å²) in [4.78, 5) is 12.2. The zero-order valence-electron chi connectivity index (χ0n) is 11.2. The minimum Gasteiger partial charge on any atom is -0.469 e. The fourth-order valence-electron chi connectivity index (χ4n) is 1.60. The molecule has 1 heterocycles. The Morgan fingerprint density at radius 1 is 1.50 bits per heavy atom. The van der Waals surface area contributed by atoms with Gasteiger partial charge in [-0.05, 0) is 24.3 Å². The molecule has 20 heavy (non-hydrogen) atoms. The van der Waals surface area contributed by atoms with Crippen LogP contribution in [-0.2, 0) is 19.6 Å². The SMILES string of the molecule is COC(=O)CC(NS(=O)(=O)CCCCCl)c1cccs1. The molecular weight excluding hydrogens is 322 g/mol. The van der Waals surface area contributed by atoms with E-state index in [1.165, 1.54) is 18.4 Å². The molecule has 0 radical (unpaired) electrons. The predicted octanol–water partition coefficient (Wildman–Crippen LogP) is 2.29. The Morgan fingerprint density at radius 3 is 2.80 bits per heavy atom. The summed E-state index contributed by atoms with van der Waals surface area (Å²) in [5.74, 6) is -0.0127. The van der Waals surface area contributed by atoms with E-state index in [0.29, 0.717) is 18.7 Å². The van der Waals surface area contributed by atoms with E-state index in [-0.39, 0.29) is 12.2 Å². The predicted molar refractivity (Wildman–Crippen MR) is 80.6 cm³/mol. The van der Waals surface area contributed by atoms with Crippen molar-refractivity contribution in [3.05, 3.63) is 22.4 Å². The number of unbranched alkanes of at least 4 members (excludes halogenated alkanes) is 1. The number of sulfonamides is 1. The van der Waals surface area contributed by atoms with E-state index in [1.807, 2.05) is 11.4 Å². The second-order valence-corrected chi connectivity index (χ2v) is 7.41. The molecule has 0 bridgehead atoms. The highest BCUT2D eigenvalue weighted by molar-refractivity contribution is 7.89. The minimum atomic E-state index is -3.44. The average molecular weight is 340 g/mol. The number of thiophene rings is 1. The molecular formula is C12H18ClNO4S2. The molecule has 0 aliphatic heterocycles. The van der Waals surface area contributed by atoms with E-state index in [0.717, 1.165) is 4.88 Å². The molecule has 1 aromatic rings. The molecule has 0 spiro atoms. The first-order valence-corrected chi connectivity index (χ1v) is 9.21. The van der Waals surface area contributed by atoms with Crippen LogP contribution in [0.4, 0.5) is 0 Å². The number of carbonyl (C=O) groups excluding carboxylic acids is 1. The number of rotatable bonds is 9. The van der Waals surface area contributed by atoms with E-state index in [9.17, 15) is 13.2 Å². The normalized spacial score (nSPS) is 13.1. The fourth-order valence-corrected chi connectivity index (χ4v) is 3.99. The summed E-state index contributed by atoms with van der Waals surface area (Å²) >= 11 is 6.93. The van der Waals surface area contributed by atoms with Crippen LogP contribution in [0.2, 0.25) is 0 Å². The fraction of sp³-hybridized carbons (Fsp3) is 0.583. The van der Waals surface area contributed by atoms with Crippen LogP contribution in [0, 0.1) is 0 Å². The van der Waals surface area contributed by atoms with Crippen LogP contribution in [0.15, 0.2) is 17.5 Å². The van der Waals surface area contributed by atoms with Crippen molar-refractivity contribution in [2.24, 2.45) is 0 Å². The number of halogens is 1. The molecule has 0 fully saturated rings. The molecule has 0 saturated carbocycles. The number of nitrogens with one attached hydrogen (secondary N) is 1. The van der Waals surface area contributed by atoms with Crippen molar-refractivity contribution in [1.82, 2.24) is 4.72 Å². The first kappa shape index (κ1) is 17.4. The van der Waals surface area contributed by atoms with Gasteiger partial charge in [0.2, 0.25) is 10.0 Å². The van der Waals surface area contributed by atoms with Gasteiger partial charge in [-0.2, -0.15) is 0 Å². The number of alkyl halides is 1. The van der Waals surface area contributed by atoms with Crippen LogP contribution >= 0.6 is 22.9 Å². The Hall–Kier alpha value is -0.630. The van der Waals surface area contributed by atoms with Crippen molar-refractivity contribution in [3.8, 4) is 0 Å². The summed E-state index contributed by atoms with van der Waals surface area (Å²) in [6.45, 7) is 0. The number of carbonyl (C=O) groups is 1. The van der Waals surface area contributed by atoms with Gasteiger partial charge in [0.1, 0.15) is 0 Å². The summed E-state index contributed by atoms with van der Waals surface area (Å²) in [5.41, 5.74) is 0. The minimum absolute atomic E-state index is 0.00275. The molecule has 1 rings (SSSR count). The van der Waals surface area contributed by atoms with Crippen molar-refractivity contribution >= 4 is 38.9 Å². The maximum atomic E-state index is 12.0. The highest BCUT2D eigenvalue weighted by Gasteiger charge is 2.23. The summed E-state index contributed by atoms with van der Waals surface area (Å²) in [5, 5.41) is 1.83. The maximum Gasteiger partial charge on any atom is 0.307 e. The summed E-state index contributed by atoms with van der Waals surface area (Å²) in [6.07, 6.45) is 1.11. The molecule has 114 valence electrons. The van der Waals surface area contributed by atoms with Crippen molar-refractivity contribution in [2.75, 3.05) is 18.7 Å². The third-order valence-electron chi connectivity index (χ3n) is 2.60. The lowest BCUT2D eigenvalue weighted by Crippen LogP contribution is -2.32. The number of hydrogen-bond acceptors (Lipinski definition) is 5. The van der Waals surface area contributed by atoms with E-state index in [2.05, 4.69) is 9.46 Å². The second kappa shape index (κ2) is 8.61. The monoisotopic (exact) mass is 339 g/mol. The van der Waals surface area contributed by atoms with E-state index >= 15 is 0 Å². The summed E-state index contributed by atoms with van der Waals surface area (Å²) < 4.78 is 31.1. The molecule has 8 heteroatoms. The highest BCUT2D eigenvalue weighted by atomic mass is 35.5. The van der Waals surface area contributed by atoms with Crippen LogP contribution in [-0.4, -0.2) is 33.1 Å². The largest absolute Gasteiger partial charge is 0.469 e. The van der Waals surface area contributed by atoms with E-state index < -0.39 is 22.0 Å². The van der Waals surface area contributed by atoms with Crippen molar-refractivity contribution in [1.29, 1.82) is 0 Å². The molecule has 0 aliphatic rings. The molecule has 1 atom stereocenters. The summed E-state index contributed by atoms with van der Waals surface area (Å²) in [7, 11) is -2.16. The van der Waals surface area contributed by atoms with Gasteiger partial charge in [0.25, 0.3) is 0 Å². The molecule has 1 N–H and O–H groups in total. The second-order valence-electron chi connectivity index (χ2n) is 4.18. The van der Waals surface area contributed by atoms with Crippen LogP contribution in [0.25, 0.3) is 0 Å². The lowest BCUT2D eigenvalue weighted by atomic mass is 10.2. The Bertz CT molecular complexity index is 502. The Kier molecular flexibility index (Phi) is 7.50. The van der Waals surface area contributed by atoms with Gasteiger partial charge in [0.15, 0.2) is 0 Å². The zero-order chi connectivity index (χ0) is 15.0. The van der Waals surface area contributed by atoms with Crippen LogP contribution in [0.5, 0.6) is 0 Å². The van der Waals surface area contributed by atoms with E-state index in [4.69, 9.17) is 11.6 Å². The van der Waals surface area contributed by atoms with Gasteiger partial charge in [-0.25, -0.2) is 13.1 Å². The lowest BCUT2D eigenvalue weighted by Gasteiger charge is -2.16. The van der Waals surface area contributed by atoms with Gasteiger partial charge < -0.3 is 4.74 Å². The Labute approximate surface area is 128 Å². The van der Waals surface area contributed by atoms with Crippen molar-refractivity contribution in [2.45, 2.75) is 25.3 Å². The van der Waals surface area contributed by atoms with Crippen molar-refractivity contribution < 1.29 is 17.9 Å². The topological polar surface area (TPSA) is 72.5 Å². The Balaban J connectivity index is 2.71. The molecule has 1 aromatic heterocycles. The smallest absolute Gasteiger partial charge is 0.307 e. The standard InChI is InChI=1S/C12H18ClNO4S2/c1-18-12(15)9-10(11-5-4-7-19-11)14-20(16,17)8-3-2-6-13/h4-5,7,10,14H,2-3,6,8-9H2,1H3. The first-order valence-electron chi connectivity index (χ1n) is 6.14. The number of ether oxygens (including phenoxy) is 1. The Morgan fingerprint density at radius 2 is 2.25 bits per heavy atom. The maximum absolute atomic E-state index is 12.0. The quantitative estimate of drug-likeness (QED) is 0.425. The average Bonchev–Trinajstić information content (AvgIpc) is 2.91. The molecule has 0 aromatic carbocycles. The van der Waals surface area contributed by atoms with Gasteiger partial charge in [0, 0.05) is 10.8 Å². The van der Waals surface area contributed by atoms with Gasteiger partial charge >= 0.3 is 5.97 Å². The number of esters is 1. The van der Waals surface area contributed by atoms with Gasteiger partial charge in [-0.3, -0.25) is 4.79 Å². The molecule has 0 amide bonds. The number of methoxy groups -OCH3 is 1. The molecule has 5 nitrogen and oxygen atoms in total. The van der Waals surface area contributed by atoms with Crippen LogP contribution in [0.1, 0.15) is 30.2 Å². The molecule has 0 aliphatic carbocycles. The van der Waals surface area contributed by atoms with Gasteiger partial charge in [-0.1, -0.05) is 6.07 Å². The van der Waals surface area contributed by atoms with Gasteiger partial charge in [0.05, 0.1) is 25.3 Å². The third-order valence-corrected chi connectivity index (χ3v) is 5.33. The highest BCUT2D eigenvalue weighted by Crippen LogP contribution is 2.23. The molecule has 1 unspecified atom stereocenters. The van der Waals surface area contributed by atoms with Crippen LogP contribution in [0.3, 0.4) is 0 Å². The van der Waals surface area contributed by atoms with Gasteiger partial charge in [-0.15, -0.1) is 22.9 Å². The first-order chi connectivity index (χ1) is 9.48. The van der Waals surface area contributed by atoms with E-state index in [1.54, 1.807) is 6.07 Å². The lowest BCUT2D eigenvalue weighted by molar-refractivity contribution is -0.141. The van der Waals surface area contributed by atoms with Crippen LogP contribution < -0.4 is 4.72 Å². The molecule has 0 saturated heterocycles. The van der Waals surface area contributed by atoms with Crippen molar-refractivity contribution in [3.63, 3.8) is 0 Å². The number of hydrogen-bond donors (Lipinski definition) is 1. The summed E-state index contributed by atoms with van der Waals surface area (Å²) in [6, 6.07) is 3.02.